The molecule has 0 aromatic carbocycles. The van der Waals surface area contributed by atoms with E-state index in [4.69, 9.17) is 0 Å². The van der Waals surface area contributed by atoms with Gasteiger partial charge in [0.25, 0.3) is 10.0 Å². The van der Waals surface area contributed by atoms with Crippen molar-refractivity contribution in [2.75, 3.05) is 6.54 Å². The van der Waals surface area contributed by atoms with Crippen LogP contribution in [0.4, 0.5) is 0 Å². The molecule has 1 fully saturated rings. The van der Waals surface area contributed by atoms with Crippen LogP contribution in [0.1, 0.15) is 32.1 Å². The number of aromatic nitrogens is 2. The van der Waals surface area contributed by atoms with E-state index in [1.807, 2.05) is 0 Å². The maximum absolute atomic E-state index is 11.7. The normalized spacial score (nSPS) is 18.0. The average molecular weight is 243 g/mol. The minimum Gasteiger partial charge on any atom is -0.266 e. The summed E-state index contributed by atoms with van der Waals surface area (Å²) in [5.74, 6) is 0.699. The van der Waals surface area contributed by atoms with Gasteiger partial charge in [-0.2, -0.15) is 5.10 Å². The first-order valence-electron chi connectivity index (χ1n) is 5.67. The van der Waals surface area contributed by atoms with Gasteiger partial charge in [-0.25, -0.2) is 13.1 Å². The number of aromatic amines is 1. The van der Waals surface area contributed by atoms with Crippen molar-refractivity contribution in [1.82, 2.24) is 14.9 Å². The molecule has 0 spiro atoms. The molecule has 0 amide bonds. The monoisotopic (exact) mass is 243 g/mol. The molecule has 0 radical (unpaired) electrons. The lowest BCUT2D eigenvalue weighted by Crippen LogP contribution is -2.26. The predicted molar refractivity (Wildman–Crippen MR) is 60.4 cm³/mol. The second kappa shape index (κ2) is 4.97. The Morgan fingerprint density at radius 3 is 2.81 bits per heavy atom. The summed E-state index contributed by atoms with van der Waals surface area (Å²) in [4.78, 5) is 0. The minimum absolute atomic E-state index is 0.138. The van der Waals surface area contributed by atoms with Crippen molar-refractivity contribution in [2.24, 2.45) is 5.92 Å². The molecule has 1 saturated carbocycles. The highest BCUT2D eigenvalue weighted by Crippen LogP contribution is 2.26. The van der Waals surface area contributed by atoms with Crippen LogP contribution in [0.15, 0.2) is 17.3 Å². The van der Waals surface area contributed by atoms with E-state index in [9.17, 15) is 8.42 Å². The molecule has 6 heteroatoms. The Bertz CT molecular complexity index is 407. The van der Waals surface area contributed by atoms with Gasteiger partial charge in [0, 0.05) is 6.54 Å². The predicted octanol–water partition coefficient (Wildman–Crippen LogP) is 1.27. The van der Waals surface area contributed by atoms with Crippen LogP contribution in [0.5, 0.6) is 0 Å². The fraction of sp³-hybridized carbons (Fsp3) is 0.700. The van der Waals surface area contributed by atoms with E-state index in [0.717, 1.165) is 6.42 Å². The third-order valence-corrected chi connectivity index (χ3v) is 4.47. The average Bonchev–Trinajstić information content (AvgIpc) is 2.90. The molecule has 0 saturated heterocycles. The van der Waals surface area contributed by atoms with Gasteiger partial charge in [-0.3, -0.25) is 5.10 Å². The number of H-pyrrole nitrogens is 1. The Hall–Kier alpha value is -0.880. The number of sulfonamides is 1. The third-order valence-electron chi connectivity index (χ3n) is 3.08. The van der Waals surface area contributed by atoms with Gasteiger partial charge in [0.2, 0.25) is 0 Å². The van der Waals surface area contributed by atoms with Crippen molar-refractivity contribution in [3.8, 4) is 0 Å². The number of hydrogen-bond acceptors (Lipinski definition) is 3. The van der Waals surface area contributed by atoms with Crippen LogP contribution in [-0.4, -0.2) is 25.2 Å². The Labute approximate surface area is 95.7 Å². The molecule has 1 aliphatic rings. The summed E-state index contributed by atoms with van der Waals surface area (Å²) in [5, 5.41) is 6.22. The van der Waals surface area contributed by atoms with Gasteiger partial charge in [0.1, 0.15) is 0 Å². The Morgan fingerprint density at radius 1 is 1.44 bits per heavy atom. The highest BCUT2D eigenvalue weighted by atomic mass is 32.2. The van der Waals surface area contributed by atoms with E-state index in [1.54, 1.807) is 0 Å². The quantitative estimate of drug-likeness (QED) is 0.817. The molecule has 2 N–H and O–H groups in total. The Morgan fingerprint density at radius 2 is 2.19 bits per heavy atom. The van der Waals surface area contributed by atoms with Crippen molar-refractivity contribution >= 4 is 10.0 Å². The summed E-state index contributed by atoms with van der Waals surface area (Å²) in [6, 6.07) is 1.46. The van der Waals surface area contributed by atoms with Gasteiger partial charge in [-0.1, -0.05) is 25.7 Å². The van der Waals surface area contributed by atoms with Crippen LogP contribution < -0.4 is 4.72 Å². The summed E-state index contributed by atoms with van der Waals surface area (Å²) in [6.07, 6.45) is 7.44. The molecule has 1 aromatic heterocycles. The lowest BCUT2D eigenvalue weighted by molar-refractivity contribution is 0.495. The second-order valence-electron chi connectivity index (χ2n) is 4.26. The SMILES string of the molecule is O=S(=O)(NCCC1CCCC1)c1ccn[nH]1. The molecule has 90 valence electrons. The molecule has 16 heavy (non-hydrogen) atoms. The standard InChI is InChI=1S/C10H17N3O2S/c14-16(15,10-6-7-11-13-10)12-8-5-9-3-1-2-4-9/h6-7,9,12H,1-5,8H2,(H,11,13). The summed E-state index contributed by atoms with van der Waals surface area (Å²) in [5.41, 5.74) is 0. The number of rotatable bonds is 5. The largest absolute Gasteiger partial charge is 0.266 e. The first-order chi connectivity index (χ1) is 7.68. The lowest BCUT2D eigenvalue weighted by atomic mass is 10.1. The van der Waals surface area contributed by atoms with Crippen LogP contribution >= 0.6 is 0 Å². The molecule has 0 atom stereocenters. The maximum Gasteiger partial charge on any atom is 0.257 e. The zero-order valence-corrected chi connectivity index (χ0v) is 9.96. The molecular formula is C10H17N3O2S. The Balaban J connectivity index is 1.81. The molecule has 1 heterocycles. The molecule has 2 rings (SSSR count). The van der Waals surface area contributed by atoms with E-state index in [-0.39, 0.29) is 5.03 Å². The molecular weight excluding hydrogens is 226 g/mol. The highest BCUT2D eigenvalue weighted by Gasteiger charge is 2.18. The summed E-state index contributed by atoms with van der Waals surface area (Å²) in [7, 11) is -3.38. The van der Waals surface area contributed by atoms with Crippen molar-refractivity contribution in [1.29, 1.82) is 0 Å². The van der Waals surface area contributed by atoms with Crippen molar-refractivity contribution in [3.63, 3.8) is 0 Å². The van der Waals surface area contributed by atoms with Gasteiger partial charge >= 0.3 is 0 Å². The van der Waals surface area contributed by atoms with E-state index >= 15 is 0 Å². The number of hydrogen-bond donors (Lipinski definition) is 2. The smallest absolute Gasteiger partial charge is 0.257 e. The van der Waals surface area contributed by atoms with Crippen LogP contribution in [0.2, 0.25) is 0 Å². The topological polar surface area (TPSA) is 74.8 Å². The molecule has 0 aliphatic heterocycles. The van der Waals surface area contributed by atoms with E-state index in [1.165, 1.54) is 37.9 Å². The van der Waals surface area contributed by atoms with Crippen LogP contribution in [0.3, 0.4) is 0 Å². The first-order valence-corrected chi connectivity index (χ1v) is 7.16. The first kappa shape index (κ1) is 11.6. The van der Waals surface area contributed by atoms with Gasteiger partial charge in [-0.15, -0.1) is 0 Å². The van der Waals surface area contributed by atoms with Crippen LogP contribution in [0, 0.1) is 5.92 Å². The lowest BCUT2D eigenvalue weighted by Gasteiger charge is -2.09. The third kappa shape index (κ3) is 2.82. The summed E-state index contributed by atoms with van der Waals surface area (Å²) in [6.45, 7) is 0.520. The van der Waals surface area contributed by atoms with Gasteiger partial charge in [0.15, 0.2) is 5.03 Å². The second-order valence-corrected chi connectivity index (χ2v) is 5.99. The zero-order valence-electron chi connectivity index (χ0n) is 9.15. The van der Waals surface area contributed by atoms with Crippen LogP contribution in [-0.2, 0) is 10.0 Å². The fourth-order valence-corrected chi connectivity index (χ4v) is 3.12. The minimum atomic E-state index is -3.38. The molecule has 0 unspecified atom stereocenters. The van der Waals surface area contributed by atoms with Crippen molar-refractivity contribution in [2.45, 2.75) is 37.1 Å². The highest BCUT2D eigenvalue weighted by molar-refractivity contribution is 7.89. The van der Waals surface area contributed by atoms with Gasteiger partial charge < -0.3 is 0 Å². The van der Waals surface area contributed by atoms with Crippen molar-refractivity contribution in [3.05, 3.63) is 12.3 Å². The van der Waals surface area contributed by atoms with Gasteiger partial charge in [-0.05, 0) is 18.4 Å². The van der Waals surface area contributed by atoms with E-state index in [2.05, 4.69) is 14.9 Å². The summed E-state index contributed by atoms with van der Waals surface area (Å²) >= 11 is 0. The molecule has 1 aromatic rings. The van der Waals surface area contributed by atoms with Crippen LogP contribution in [0.25, 0.3) is 0 Å². The van der Waals surface area contributed by atoms with Crippen molar-refractivity contribution < 1.29 is 8.42 Å². The molecule has 1 aliphatic carbocycles. The molecule has 0 bridgehead atoms. The maximum atomic E-state index is 11.7. The van der Waals surface area contributed by atoms with E-state index < -0.39 is 10.0 Å². The summed E-state index contributed by atoms with van der Waals surface area (Å²) < 4.78 is 26.0. The number of nitrogens with one attached hydrogen (secondary N) is 2. The fourth-order valence-electron chi connectivity index (χ4n) is 2.17. The molecule has 5 nitrogen and oxygen atoms in total. The Kier molecular flexibility index (Phi) is 3.60. The zero-order chi connectivity index (χ0) is 11.4. The van der Waals surface area contributed by atoms with Gasteiger partial charge in [0.05, 0.1) is 6.20 Å². The van der Waals surface area contributed by atoms with E-state index in [0.29, 0.717) is 12.5 Å². The number of nitrogens with zero attached hydrogens (tertiary/aromatic N) is 1.